The summed E-state index contributed by atoms with van der Waals surface area (Å²) < 4.78 is 7.70. The Labute approximate surface area is 123 Å². The predicted octanol–water partition coefficient (Wildman–Crippen LogP) is 4.04. The van der Waals surface area contributed by atoms with Crippen LogP contribution in [0, 0.1) is 5.92 Å². The summed E-state index contributed by atoms with van der Waals surface area (Å²) in [7, 11) is 0. The van der Waals surface area contributed by atoms with Gasteiger partial charge in [0.15, 0.2) is 0 Å². The van der Waals surface area contributed by atoms with Crippen LogP contribution in [0.5, 0.6) is 0 Å². The molecular formula is C17H19N3O. The molecule has 2 heterocycles. The Hall–Kier alpha value is -2.23. The van der Waals surface area contributed by atoms with Crippen molar-refractivity contribution >= 4 is 17.0 Å². The maximum atomic E-state index is 5.38. The zero-order chi connectivity index (χ0) is 14.1. The van der Waals surface area contributed by atoms with Crippen LogP contribution in [-0.4, -0.2) is 9.55 Å². The zero-order valence-electron chi connectivity index (χ0n) is 12.0. The number of hydrogen-bond donors (Lipinski definition) is 1. The van der Waals surface area contributed by atoms with Gasteiger partial charge in [-0.05, 0) is 43.0 Å². The second-order valence-corrected chi connectivity index (χ2v) is 5.76. The number of furan rings is 1. The van der Waals surface area contributed by atoms with Gasteiger partial charge in [0.1, 0.15) is 5.76 Å². The third-order valence-electron chi connectivity index (χ3n) is 4.32. The van der Waals surface area contributed by atoms with E-state index in [4.69, 9.17) is 9.40 Å². The highest BCUT2D eigenvalue weighted by Gasteiger charge is 2.20. The SMILES string of the molecule is c1coc(CNc2nc3ccccc3n2CC2CCC2)c1. The van der Waals surface area contributed by atoms with Gasteiger partial charge < -0.3 is 14.3 Å². The van der Waals surface area contributed by atoms with Crippen LogP contribution in [0.3, 0.4) is 0 Å². The molecule has 4 rings (SSSR count). The van der Waals surface area contributed by atoms with Crippen molar-refractivity contribution in [2.24, 2.45) is 5.92 Å². The number of benzene rings is 1. The molecule has 0 atom stereocenters. The Balaban J connectivity index is 1.63. The maximum Gasteiger partial charge on any atom is 0.204 e. The van der Waals surface area contributed by atoms with Gasteiger partial charge in [0.2, 0.25) is 5.95 Å². The molecule has 1 saturated carbocycles. The van der Waals surface area contributed by atoms with Gasteiger partial charge in [0, 0.05) is 6.54 Å². The van der Waals surface area contributed by atoms with E-state index in [1.165, 1.54) is 24.8 Å². The summed E-state index contributed by atoms with van der Waals surface area (Å²) in [5, 5.41) is 3.42. The molecule has 0 bridgehead atoms. The smallest absolute Gasteiger partial charge is 0.204 e. The molecule has 1 aliphatic rings. The summed E-state index contributed by atoms with van der Waals surface area (Å²) >= 11 is 0. The van der Waals surface area contributed by atoms with E-state index in [0.29, 0.717) is 6.54 Å². The number of hydrogen-bond acceptors (Lipinski definition) is 3. The number of fused-ring (bicyclic) bond motifs is 1. The molecule has 4 heteroatoms. The van der Waals surface area contributed by atoms with E-state index in [1.54, 1.807) is 6.26 Å². The minimum absolute atomic E-state index is 0.668. The van der Waals surface area contributed by atoms with Gasteiger partial charge in [-0.25, -0.2) is 4.98 Å². The fraction of sp³-hybridized carbons (Fsp3) is 0.353. The van der Waals surface area contributed by atoms with Crippen LogP contribution in [0.15, 0.2) is 47.1 Å². The first kappa shape index (κ1) is 12.5. The molecule has 1 aromatic carbocycles. The van der Waals surface area contributed by atoms with Crippen molar-refractivity contribution in [2.45, 2.75) is 32.4 Å². The highest BCUT2D eigenvalue weighted by molar-refractivity contribution is 5.78. The fourth-order valence-corrected chi connectivity index (χ4v) is 2.91. The van der Waals surface area contributed by atoms with E-state index in [9.17, 15) is 0 Å². The van der Waals surface area contributed by atoms with Crippen molar-refractivity contribution < 1.29 is 4.42 Å². The quantitative estimate of drug-likeness (QED) is 0.767. The van der Waals surface area contributed by atoms with Gasteiger partial charge in [-0.2, -0.15) is 0 Å². The Bertz CT molecular complexity index is 726. The lowest BCUT2D eigenvalue weighted by molar-refractivity contribution is 0.280. The van der Waals surface area contributed by atoms with Crippen molar-refractivity contribution in [1.82, 2.24) is 9.55 Å². The molecular weight excluding hydrogens is 262 g/mol. The van der Waals surface area contributed by atoms with Crippen LogP contribution in [0.1, 0.15) is 25.0 Å². The first-order valence-corrected chi connectivity index (χ1v) is 7.62. The van der Waals surface area contributed by atoms with E-state index in [1.807, 2.05) is 18.2 Å². The number of rotatable bonds is 5. The summed E-state index contributed by atoms with van der Waals surface area (Å²) in [5.74, 6) is 2.67. The molecule has 1 N–H and O–H groups in total. The molecule has 4 nitrogen and oxygen atoms in total. The summed E-state index contributed by atoms with van der Waals surface area (Å²) in [4.78, 5) is 4.73. The molecule has 0 amide bonds. The molecule has 2 aromatic heterocycles. The first-order valence-electron chi connectivity index (χ1n) is 7.62. The molecule has 1 fully saturated rings. The number of aromatic nitrogens is 2. The van der Waals surface area contributed by atoms with Gasteiger partial charge in [0.25, 0.3) is 0 Å². The van der Waals surface area contributed by atoms with Crippen molar-refractivity contribution in [2.75, 3.05) is 5.32 Å². The average Bonchev–Trinajstić information content (AvgIpc) is 3.08. The summed E-state index contributed by atoms with van der Waals surface area (Å²) in [6.45, 7) is 1.72. The Morgan fingerprint density at radius 2 is 2.10 bits per heavy atom. The molecule has 3 aromatic rings. The van der Waals surface area contributed by atoms with Crippen LogP contribution in [-0.2, 0) is 13.1 Å². The Kier molecular flexibility index (Phi) is 3.14. The second kappa shape index (κ2) is 5.28. The third kappa shape index (κ3) is 2.42. The Morgan fingerprint density at radius 1 is 1.19 bits per heavy atom. The minimum atomic E-state index is 0.668. The second-order valence-electron chi connectivity index (χ2n) is 5.76. The van der Waals surface area contributed by atoms with E-state index >= 15 is 0 Å². The van der Waals surface area contributed by atoms with Crippen LogP contribution in [0.4, 0.5) is 5.95 Å². The summed E-state index contributed by atoms with van der Waals surface area (Å²) in [6, 6.07) is 12.2. The molecule has 21 heavy (non-hydrogen) atoms. The number of nitrogens with one attached hydrogen (secondary N) is 1. The normalized spacial score (nSPS) is 15.2. The van der Waals surface area contributed by atoms with Crippen LogP contribution >= 0.6 is 0 Å². The monoisotopic (exact) mass is 281 g/mol. The van der Waals surface area contributed by atoms with E-state index in [-0.39, 0.29) is 0 Å². The van der Waals surface area contributed by atoms with Crippen LogP contribution < -0.4 is 5.32 Å². The lowest BCUT2D eigenvalue weighted by Gasteiger charge is -2.26. The molecule has 0 unspecified atom stereocenters. The van der Waals surface area contributed by atoms with Gasteiger partial charge in [-0.1, -0.05) is 18.6 Å². The van der Waals surface area contributed by atoms with Crippen molar-refractivity contribution in [3.05, 3.63) is 48.4 Å². The van der Waals surface area contributed by atoms with Crippen molar-refractivity contribution in [3.8, 4) is 0 Å². The molecule has 1 aliphatic carbocycles. The van der Waals surface area contributed by atoms with Crippen molar-refractivity contribution in [3.63, 3.8) is 0 Å². The molecule has 0 aliphatic heterocycles. The average molecular weight is 281 g/mol. The van der Waals surface area contributed by atoms with Crippen LogP contribution in [0.2, 0.25) is 0 Å². The maximum absolute atomic E-state index is 5.38. The zero-order valence-corrected chi connectivity index (χ0v) is 12.0. The molecule has 0 spiro atoms. The summed E-state index contributed by atoms with van der Waals surface area (Å²) in [6.07, 6.45) is 5.75. The minimum Gasteiger partial charge on any atom is -0.467 e. The standard InChI is InChI=1S/C17H19N3O/c1-2-9-16-15(8-1)19-17(18-11-14-7-4-10-21-14)20(16)12-13-5-3-6-13/h1-2,4,7-10,13H,3,5-6,11-12H2,(H,18,19). The van der Waals surface area contributed by atoms with Gasteiger partial charge in [-0.3, -0.25) is 0 Å². The number of nitrogens with zero attached hydrogens (tertiary/aromatic N) is 2. The number of para-hydroxylation sites is 2. The third-order valence-corrected chi connectivity index (χ3v) is 4.32. The molecule has 0 saturated heterocycles. The highest BCUT2D eigenvalue weighted by atomic mass is 16.3. The number of anilines is 1. The van der Waals surface area contributed by atoms with Gasteiger partial charge in [0.05, 0.1) is 23.8 Å². The van der Waals surface area contributed by atoms with Gasteiger partial charge in [-0.15, -0.1) is 0 Å². The molecule has 108 valence electrons. The lowest BCUT2D eigenvalue weighted by atomic mass is 9.85. The van der Waals surface area contributed by atoms with Crippen molar-refractivity contribution in [1.29, 1.82) is 0 Å². The molecule has 0 radical (unpaired) electrons. The van der Waals surface area contributed by atoms with Crippen LogP contribution in [0.25, 0.3) is 11.0 Å². The Morgan fingerprint density at radius 3 is 2.86 bits per heavy atom. The highest BCUT2D eigenvalue weighted by Crippen LogP contribution is 2.31. The largest absolute Gasteiger partial charge is 0.467 e. The van der Waals surface area contributed by atoms with E-state index < -0.39 is 0 Å². The van der Waals surface area contributed by atoms with E-state index in [2.05, 4.69) is 28.1 Å². The fourth-order valence-electron chi connectivity index (χ4n) is 2.91. The topological polar surface area (TPSA) is 43.0 Å². The lowest BCUT2D eigenvalue weighted by Crippen LogP contribution is -2.19. The van der Waals surface area contributed by atoms with Gasteiger partial charge >= 0.3 is 0 Å². The van der Waals surface area contributed by atoms with E-state index in [0.717, 1.165) is 29.7 Å². The summed E-state index contributed by atoms with van der Waals surface area (Å²) in [5.41, 5.74) is 2.27. The number of imidazole rings is 1. The predicted molar refractivity (Wildman–Crippen MR) is 83.1 cm³/mol. The first-order chi connectivity index (χ1) is 10.4.